The van der Waals surface area contributed by atoms with Crippen molar-refractivity contribution in [3.63, 3.8) is 0 Å². The van der Waals surface area contributed by atoms with Crippen molar-refractivity contribution < 1.29 is 57.4 Å². The Hall–Kier alpha value is -1.99. The maximum Gasteiger partial charge on any atom is 0.312 e. The molecule has 0 aromatic heterocycles. The molecule has 2 bridgehead atoms. The number of hydrogen-bond donors (Lipinski definition) is 1. The first-order chi connectivity index (χ1) is 18.3. The first-order valence-electron chi connectivity index (χ1n) is 13.2. The van der Waals surface area contributed by atoms with Crippen LogP contribution in [0.5, 0.6) is 0 Å². The molecular weight excluding hydrogens is 540 g/mol. The summed E-state index contributed by atoms with van der Waals surface area (Å²) in [5.74, 6) is -4.20. The molecule has 12 nitrogen and oxygen atoms in total. The van der Waals surface area contributed by atoms with Crippen molar-refractivity contribution in [2.24, 2.45) is 17.3 Å². The summed E-state index contributed by atoms with van der Waals surface area (Å²) in [5.41, 5.74) is -5.36. The van der Waals surface area contributed by atoms with Gasteiger partial charge in [0, 0.05) is 26.7 Å². The topological polar surface area (TPSA) is 160 Å². The number of aliphatic hydroxyl groups is 1. The molecule has 0 amide bonds. The molecule has 0 radical (unpaired) electrons. The Morgan fingerprint density at radius 1 is 1.05 bits per heavy atom. The van der Waals surface area contributed by atoms with E-state index >= 15 is 0 Å². The largest absolute Gasteiger partial charge is 0.462 e. The zero-order chi connectivity index (χ0) is 28.3. The average Bonchev–Trinajstić information content (AvgIpc) is 3.77. The second-order valence-electron chi connectivity index (χ2n) is 12.0. The monoisotopic (exact) mass is 572 g/mol. The van der Waals surface area contributed by atoms with E-state index in [2.05, 4.69) is 0 Å². The van der Waals surface area contributed by atoms with Crippen LogP contribution in [-0.2, 0) is 52.3 Å². The predicted octanol–water partition coefficient (Wildman–Crippen LogP) is 0.417. The van der Waals surface area contributed by atoms with Crippen molar-refractivity contribution in [3.8, 4) is 0 Å². The molecule has 5 aliphatic heterocycles. The molecule has 6 fully saturated rings. The molecule has 5 saturated heterocycles. The molecule has 39 heavy (non-hydrogen) atoms. The lowest BCUT2D eigenvalue weighted by Crippen LogP contribution is -2.69. The molecule has 1 aliphatic carbocycles. The van der Waals surface area contributed by atoms with Crippen LogP contribution in [0.15, 0.2) is 0 Å². The summed E-state index contributed by atoms with van der Waals surface area (Å²) in [7, 11) is 0. The van der Waals surface area contributed by atoms with E-state index in [0.717, 1.165) is 0 Å². The summed E-state index contributed by atoms with van der Waals surface area (Å²) in [4.78, 5) is 50.7. The van der Waals surface area contributed by atoms with Gasteiger partial charge in [0.25, 0.3) is 0 Å². The molecular formula is C26H33ClO12. The van der Waals surface area contributed by atoms with Crippen molar-refractivity contribution in [2.45, 2.75) is 106 Å². The fraction of sp³-hybridized carbons (Fsp3) is 0.846. The zero-order valence-electron chi connectivity index (χ0n) is 22.3. The molecule has 0 aromatic carbocycles. The summed E-state index contributed by atoms with van der Waals surface area (Å²) in [6.45, 7) is 6.87. The van der Waals surface area contributed by atoms with Crippen LogP contribution in [0.2, 0.25) is 0 Å². The standard InChI is InChI=1S/C26H33ClO12/c1-10-22(32)38-21-17(27)25(8-28)19-15(37-19)18(35-12(3)30)23(5)14(34-11(2)29)6-7-24(9-33-24)16(23)20(36-13(4)31)26(10,21)39-25/h10,14-21,28H,6-9H2,1-5H3/t10-,14-,15+,16+,17+,18-,19+,20-,21-,23-,24-,25-,26+/m0/s1. The second kappa shape index (κ2) is 8.51. The van der Waals surface area contributed by atoms with Gasteiger partial charge in [-0.05, 0) is 19.8 Å². The minimum Gasteiger partial charge on any atom is -0.462 e. The number of aliphatic hydroxyl groups excluding tert-OH is 1. The number of hydrogen-bond acceptors (Lipinski definition) is 12. The third-order valence-corrected chi connectivity index (χ3v) is 10.5. The Kier molecular flexibility index (Phi) is 5.93. The third-order valence-electron chi connectivity index (χ3n) is 9.90. The van der Waals surface area contributed by atoms with Crippen molar-refractivity contribution in [2.75, 3.05) is 13.2 Å². The Labute approximate surface area is 229 Å². The van der Waals surface area contributed by atoms with Crippen molar-refractivity contribution in [1.29, 1.82) is 0 Å². The maximum absolute atomic E-state index is 13.1. The fourth-order valence-corrected chi connectivity index (χ4v) is 8.65. The highest BCUT2D eigenvalue weighted by Crippen LogP contribution is 2.68. The highest BCUT2D eigenvalue weighted by molar-refractivity contribution is 6.22. The van der Waals surface area contributed by atoms with Crippen molar-refractivity contribution in [3.05, 3.63) is 0 Å². The molecule has 1 saturated carbocycles. The normalized spacial score (nSPS) is 52.7. The number of ether oxygens (including phenoxy) is 7. The smallest absolute Gasteiger partial charge is 0.312 e. The molecule has 6 aliphatic rings. The van der Waals surface area contributed by atoms with Gasteiger partial charge in [0.1, 0.15) is 41.5 Å². The van der Waals surface area contributed by atoms with Crippen LogP contribution in [-0.4, -0.2) is 101 Å². The lowest BCUT2D eigenvalue weighted by molar-refractivity contribution is -0.255. The second-order valence-corrected chi connectivity index (χ2v) is 12.4. The van der Waals surface area contributed by atoms with E-state index in [1.807, 2.05) is 0 Å². The van der Waals surface area contributed by atoms with Gasteiger partial charge in [-0.25, -0.2) is 0 Å². The van der Waals surface area contributed by atoms with Gasteiger partial charge in [0.05, 0.1) is 30.1 Å². The zero-order valence-corrected chi connectivity index (χ0v) is 23.1. The van der Waals surface area contributed by atoms with Gasteiger partial charge in [-0.1, -0.05) is 6.92 Å². The molecule has 0 unspecified atom stereocenters. The molecule has 5 heterocycles. The van der Waals surface area contributed by atoms with Crippen LogP contribution in [0.4, 0.5) is 0 Å². The van der Waals surface area contributed by atoms with E-state index < -0.39 is 107 Å². The van der Waals surface area contributed by atoms with Gasteiger partial charge >= 0.3 is 23.9 Å². The Morgan fingerprint density at radius 3 is 2.23 bits per heavy atom. The van der Waals surface area contributed by atoms with E-state index in [-0.39, 0.29) is 0 Å². The van der Waals surface area contributed by atoms with E-state index in [1.54, 1.807) is 13.8 Å². The lowest BCUT2D eigenvalue weighted by atomic mass is 9.52. The number of alkyl halides is 1. The number of epoxide rings is 2. The van der Waals surface area contributed by atoms with Gasteiger partial charge in [0.15, 0.2) is 11.7 Å². The summed E-state index contributed by atoms with van der Waals surface area (Å²) < 4.78 is 42.7. The number of esters is 4. The molecule has 0 aromatic rings. The summed E-state index contributed by atoms with van der Waals surface area (Å²) >= 11 is 6.97. The number of rotatable bonds is 4. The van der Waals surface area contributed by atoms with Crippen LogP contribution < -0.4 is 0 Å². The molecule has 13 heteroatoms. The number of carbonyl (C=O) groups excluding carboxylic acids is 4. The van der Waals surface area contributed by atoms with Gasteiger partial charge < -0.3 is 38.3 Å². The molecule has 1 N–H and O–H groups in total. The van der Waals surface area contributed by atoms with E-state index in [0.29, 0.717) is 19.4 Å². The van der Waals surface area contributed by atoms with Crippen LogP contribution in [0.1, 0.15) is 47.5 Å². The van der Waals surface area contributed by atoms with Gasteiger partial charge in [-0.3, -0.25) is 19.2 Å². The molecule has 2 spiro atoms. The highest BCUT2D eigenvalue weighted by atomic mass is 35.5. The van der Waals surface area contributed by atoms with Crippen LogP contribution in [0, 0.1) is 17.3 Å². The predicted molar refractivity (Wildman–Crippen MR) is 127 cm³/mol. The third kappa shape index (κ3) is 3.44. The van der Waals surface area contributed by atoms with E-state index in [9.17, 15) is 24.3 Å². The van der Waals surface area contributed by atoms with Crippen molar-refractivity contribution >= 4 is 35.5 Å². The lowest BCUT2D eigenvalue weighted by Gasteiger charge is -2.56. The summed E-state index contributed by atoms with van der Waals surface area (Å²) in [6, 6.07) is 0. The quantitative estimate of drug-likeness (QED) is 0.214. The van der Waals surface area contributed by atoms with Gasteiger partial charge in [-0.2, -0.15) is 0 Å². The van der Waals surface area contributed by atoms with E-state index in [4.69, 9.17) is 44.8 Å². The fourth-order valence-electron chi connectivity index (χ4n) is 8.16. The Balaban J connectivity index is 1.64. The van der Waals surface area contributed by atoms with Crippen LogP contribution >= 0.6 is 11.6 Å². The van der Waals surface area contributed by atoms with Gasteiger partial charge in [-0.15, -0.1) is 11.6 Å². The number of halogens is 1. The van der Waals surface area contributed by atoms with Gasteiger partial charge in [0.2, 0.25) is 0 Å². The SMILES string of the molecule is CC(=O)O[C@H]1CC[C@]2(CO2)[C@@H]2[C@H](OC(C)=O)[C@@]34O[C@@](CO)([C@H](Cl)[C@@H]3OC(=O)[C@@H]4C)[C@@H]3O[C@@H]3[C@H](OC(C)=O)[C@@]12C. The van der Waals surface area contributed by atoms with Crippen molar-refractivity contribution in [1.82, 2.24) is 0 Å². The average molecular weight is 573 g/mol. The van der Waals surface area contributed by atoms with Crippen LogP contribution in [0.3, 0.4) is 0 Å². The molecule has 6 rings (SSSR count). The van der Waals surface area contributed by atoms with E-state index in [1.165, 1.54) is 20.8 Å². The first-order valence-corrected chi connectivity index (χ1v) is 13.7. The minimum atomic E-state index is -1.65. The first kappa shape index (κ1) is 27.2. The Morgan fingerprint density at radius 2 is 1.67 bits per heavy atom. The number of carbonyl (C=O) groups is 4. The highest BCUT2D eigenvalue weighted by Gasteiger charge is 2.85. The molecule has 216 valence electrons. The summed E-state index contributed by atoms with van der Waals surface area (Å²) in [6.07, 6.45) is -5.05. The molecule has 13 atom stereocenters. The number of fused-ring (bicyclic) bond motifs is 5. The summed E-state index contributed by atoms with van der Waals surface area (Å²) in [5, 5.41) is 9.67. The van der Waals surface area contributed by atoms with Crippen LogP contribution in [0.25, 0.3) is 0 Å². The Bertz CT molecular complexity index is 1120. The minimum absolute atomic E-state index is 0.291. The maximum atomic E-state index is 13.1.